The number of aryl methyl sites for hydroxylation is 2. The van der Waals surface area contributed by atoms with Gasteiger partial charge in [0.25, 0.3) is 5.91 Å². The molecule has 3 nitrogen and oxygen atoms in total. The molecule has 0 fully saturated rings. The fourth-order valence-corrected chi connectivity index (χ4v) is 1.40. The van der Waals surface area contributed by atoms with Crippen molar-refractivity contribution in [1.82, 2.24) is 5.32 Å². The first-order valence-electron chi connectivity index (χ1n) is 5.04. The van der Waals surface area contributed by atoms with Crippen molar-refractivity contribution in [3.05, 3.63) is 34.9 Å². The third-order valence-corrected chi connectivity index (χ3v) is 2.18. The molecule has 0 aliphatic heterocycles. The largest absolute Gasteiger partial charge is 0.392 e. The van der Waals surface area contributed by atoms with E-state index in [9.17, 15) is 4.79 Å². The lowest BCUT2D eigenvalue weighted by Gasteiger charge is -2.09. The fourth-order valence-electron chi connectivity index (χ4n) is 1.40. The van der Waals surface area contributed by atoms with Gasteiger partial charge in [0.15, 0.2) is 0 Å². The molecule has 1 aromatic carbocycles. The van der Waals surface area contributed by atoms with E-state index in [1.54, 1.807) is 6.92 Å². The Morgan fingerprint density at radius 2 is 2.13 bits per heavy atom. The lowest BCUT2D eigenvalue weighted by molar-refractivity contribution is 0.0923. The molecule has 1 amide bonds. The van der Waals surface area contributed by atoms with Crippen molar-refractivity contribution in [1.29, 1.82) is 0 Å². The lowest BCUT2D eigenvalue weighted by atomic mass is 10.1. The smallest absolute Gasteiger partial charge is 0.251 e. The van der Waals surface area contributed by atoms with Gasteiger partial charge in [0, 0.05) is 12.1 Å². The van der Waals surface area contributed by atoms with Crippen molar-refractivity contribution < 1.29 is 9.90 Å². The SMILES string of the molecule is Cc1ccc(C(=O)NC[C@H](C)O)c(C)c1. The van der Waals surface area contributed by atoms with Crippen LogP contribution in [0.1, 0.15) is 28.4 Å². The first-order valence-corrected chi connectivity index (χ1v) is 5.04. The summed E-state index contributed by atoms with van der Waals surface area (Å²) < 4.78 is 0. The summed E-state index contributed by atoms with van der Waals surface area (Å²) in [5.41, 5.74) is 2.76. The Kier molecular flexibility index (Phi) is 3.86. The molecule has 0 aliphatic carbocycles. The third kappa shape index (κ3) is 3.36. The average Bonchev–Trinajstić information content (AvgIpc) is 2.14. The van der Waals surface area contributed by atoms with Gasteiger partial charge >= 0.3 is 0 Å². The summed E-state index contributed by atoms with van der Waals surface area (Å²) in [4.78, 5) is 11.7. The highest BCUT2D eigenvalue weighted by Gasteiger charge is 2.08. The zero-order chi connectivity index (χ0) is 11.4. The standard InChI is InChI=1S/C12H17NO2/c1-8-4-5-11(9(2)6-8)12(15)13-7-10(3)14/h4-6,10,14H,7H2,1-3H3,(H,13,15)/t10-/m0/s1. The molecule has 15 heavy (non-hydrogen) atoms. The number of nitrogens with one attached hydrogen (secondary N) is 1. The Balaban J connectivity index is 2.74. The Morgan fingerprint density at radius 3 is 2.67 bits per heavy atom. The molecule has 0 bridgehead atoms. The van der Waals surface area contributed by atoms with E-state index in [0.717, 1.165) is 11.1 Å². The van der Waals surface area contributed by atoms with Crippen LogP contribution in [0.3, 0.4) is 0 Å². The van der Waals surface area contributed by atoms with Gasteiger partial charge in [0.1, 0.15) is 0 Å². The number of rotatable bonds is 3. The van der Waals surface area contributed by atoms with Crippen LogP contribution in [-0.4, -0.2) is 23.7 Å². The topological polar surface area (TPSA) is 49.3 Å². The summed E-state index contributed by atoms with van der Waals surface area (Å²) in [6.45, 7) is 5.82. The number of hydrogen-bond acceptors (Lipinski definition) is 2. The molecule has 0 saturated heterocycles. The molecule has 1 aromatic rings. The second kappa shape index (κ2) is 4.94. The second-order valence-electron chi connectivity index (χ2n) is 3.88. The van der Waals surface area contributed by atoms with E-state index >= 15 is 0 Å². The van der Waals surface area contributed by atoms with E-state index in [-0.39, 0.29) is 12.5 Å². The maximum absolute atomic E-state index is 11.7. The summed E-state index contributed by atoms with van der Waals surface area (Å²) in [7, 11) is 0. The van der Waals surface area contributed by atoms with Gasteiger partial charge in [0.05, 0.1) is 6.10 Å². The van der Waals surface area contributed by atoms with Gasteiger partial charge in [-0.3, -0.25) is 4.79 Å². The number of aliphatic hydroxyl groups is 1. The van der Waals surface area contributed by atoms with Crippen molar-refractivity contribution >= 4 is 5.91 Å². The van der Waals surface area contributed by atoms with E-state index in [4.69, 9.17) is 5.11 Å². The van der Waals surface area contributed by atoms with E-state index in [1.807, 2.05) is 32.0 Å². The van der Waals surface area contributed by atoms with Crippen molar-refractivity contribution in [2.45, 2.75) is 26.9 Å². The van der Waals surface area contributed by atoms with Crippen LogP contribution in [0.2, 0.25) is 0 Å². The van der Waals surface area contributed by atoms with Crippen molar-refractivity contribution in [3.63, 3.8) is 0 Å². The number of hydrogen-bond donors (Lipinski definition) is 2. The zero-order valence-corrected chi connectivity index (χ0v) is 9.37. The predicted octanol–water partition coefficient (Wildman–Crippen LogP) is 1.41. The minimum absolute atomic E-state index is 0.131. The second-order valence-corrected chi connectivity index (χ2v) is 3.88. The molecule has 0 spiro atoms. The minimum Gasteiger partial charge on any atom is -0.392 e. The highest BCUT2D eigenvalue weighted by Crippen LogP contribution is 2.10. The molecule has 0 saturated carbocycles. The molecule has 2 N–H and O–H groups in total. The van der Waals surface area contributed by atoms with Crippen LogP contribution in [0.25, 0.3) is 0 Å². The molecule has 0 aromatic heterocycles. The van der Waals surface area contributed by atoms with Crippen LogP contribution >= 0.6 is 0 Å². The van der Waals surface area contributed by atoms with Crippen molar-refractivity contribution in [2.75, 3.05) is 6.54 Å². The Hall–Kier alpha value is -1.35. The molecule has 0 unspecified atom stereocenters. The predicted molar refractivity (Wildman–Crippen MR) is 59.9 cm³/mol. The maximum atomic E-state index is 11.7. The van der Waals surface area contributed by atoms with E-state index in [1.165, 1.54) is 0 Å². The quantitative estimate of drug-likeness (QED) is 0.787. The number of carbonyl (C=O) groups is 1. The van der Waals surface area contributed by atoms with Crippen molar-refractivity contribution in [3.8, 4) is 0 Å². The first kappa shape index (κ1) is 11.7. The van der Waals surface area contributed by atoms with Crippen LogP contribution < -0.4 is 5.32 Å². The number of carbonyl (C=O) groups excluding carboxylic acids is 1. The van der Waals surface area contributed by atoms with Gasteiger partial charge in [-0.05, 0) is 32.4 Å². The fraction of sp³-hybridized carbons (Fsp3) is 0.417. The third-order valence-electron chi connectivity index (χ3n) is 2.18. The Bertz CT molecular complexity index is 359. The summed E-state index contributed by atoms with van der Waals surface area (Å²) in [5.74, 6) is -0.131. The zero-order valence-electron chi connectivity index (χ0n) is 9.37. The molecule has 82 valence electrons. The lowest BCUT2D eigenvalue weighted by Crippen LogP contribution is -2.30. The number of benzene rings is 1. The van der Waals surface area contributed by atoms with E-state index < -0.39 is 6.10 Å². The van der Waals surface area contributed by atoms with Crippen molar-refractivity contribution in [2.24, 2.45) is 0 Å². The highest BCUT2D eigenvalue weighted by molar-refractivity contribution is 5.95. The van der Waals surface area contributed by atoms with E-state index in [0.29, 0.717) is 5.56 Å². The van der Waals surface area contributed by atoms with Gasteiger partial charge in [-0.1, -0.05) is 17.7 Å². The summed E-state index contributed by atoms with van der Waals surface area (Å²) in [6.07, 6.45) is -0.514. The van der Waals surface area contributed by atoms with Gasteiger partial charge in [0.2, 0.25) is 0 Å². The molecular formula is C12H17NO2. The van der Waals surface area contributed by atoms with Crippen LogP contribution in [0.15, 0.2) is 18.2 Å². The van der Waals surface area contributed by atoms with Crippen LogP contribution in [0.5, 0.6) is 0 Å². The number of amides is 1. The molecule has 3 heteroatoms. The maximum Gasteiger partial charge on any atom is 0.251 e. The molecule has 0 radical (unpaired) electrons. The highest BCUT2D eigenvalue weighted by atomic mass is 16.3. The first-order chi connectivity index (χ1) is 7.00. The van der Waals surface area contributed by atoms with Crippen LogP contribution in [-0.2, 0) is 0 Å². The average molecular weight is 207 g/mol. The van der Waals surface area contributed by atoms with E-state index in [2.05, 4.69) is 5.32 Å². The molecule has 0 aliphatic rings. The number of aliphatic hydroxyl groups excluding tert-OH is 1. The summed E-state index contributed by atoms with van der Waals surface area (Å²) >= 11 is 0. The van der Waals surface area contributed by atoms with Gasteiger partial charge in [-0.25, -0.2) is 0 Å². The minimum atomic E-state index is -0.514. The van der Waals surface area contributed by atoms with Crippen LogP contribution in [0.4, 0.5) is 0 Å². The summed E-state index contributed by atoms with van der Waals surface area (Å²) in [5, 5.41) is 11.7. The Labute approximate surface area is 90.1 Å². The normalized spacial score (nSPS) is 12.3. The molecular weight excluding hydrogens is 190 g/mol. The Morgan fingerprint density at radius 1 is 1.47 bits per heavy atom. The van der Waals surface area contributed by atoms with Gasteiger partial charge < -0.3 is 10.4 Å². The molecule has 1 atom stereocenters. The van der Waals surface area contributed by atoms with Gasteiger partial charge in [-0.15, -0.1) is 0 Å². The monoisotopic (exact) mass is 207 g/mol. The van der Waals surface area contributed by atoms with Gasteiger partial charge in [-0.2, -0.15) is 0 Å². The summed E-state index contributed by atoms with van der Waals surface area (Å²) in [6, 6.07) is 5.68. The molecule has 0 heterocycles. The van der Waals surface area contributed by atoms with Crippen LogP contribution in [0, 0.1) is 13.8 Å². The molecule has 1 rings (SSSR count).